The minimum atomic E-state index is -0.179. The van der Waals surface area contributed by atoms with Gasteiger partial charge in [0.1, 0.15) is 6.33 Å². The molecule has 0 spiro atoms. The van der Waals surface area contributed by atoms with Crippen LogP contribution < -0.4 is 5.32 Å². The Bertz CT molecular complexity index is 848. The number of nitrogens with zero attached hydrogens (tertiary/aromatic N) is 5. The van der Waals surface area contributed by atoms with E-state index in [0.717, 1.165) is 26.1 Å². The van der Waals surface area contributed by atoms with Crippen LogP contribution in [0.25, 0.3) is 5.82 Å². The highest BCUT2D eigenvalue weighted by Gasteiger charge is 2.24. The lowest BCUT2D eigenvalue weighted by Crippen LogP contribution is -2.37. The molecule has 0 radical (unpaired) electrons. The molecule has 26 heavy (non-hydrogen) atoms. The van der Waals surface area contributed by atoms with Gasteiger partial charge in [-0.3, -0.25) is 14.3 Å². The van der Waals surface area contributed by atoms with E-state index in [0.29, 0.717) is 11.5 Å². The van der Waals surface area contributed by atoms with Gasteiger partial charge in [-0.05, 0) is 24.1 Å². The van der Waals surface area contributed by atoms with E-state index < -0.39 is 0 Å². The van der Waals surface area contributed by atoms with Crippen molar-refractivity contribution in [2.45, 2.75) is 19.0 Å². The molecule has 7 heteroatoms. The molecule has 4 rings (SSSR count). The number of likely N-dealkylation sites (tertiary alicyclic amines) is 1. The van der Waals surface area contributed by atoms with Crippen LogP contribution in [0.3, 0.4) is 0 Å². The Labute approximate surface area is 151 Å². The fourth-order valence-electron chi connectivity index (χ4n) is 3.17. The Balaban J connectivity index is 1.32. The number of carbonyl (C=O) groups excluding carboxylic acids is 1. The monoisotopic (exact) mass is 348 g/mol. The SMILES string of the molecule is O=C(NC1CCN(Cc2ccccc2)C1)c1ccc(-n2ccnc2)nn1. The summed E-state index contributed by atoms with van der Waals surface area (Å²) in [6.45, 7) is 2.74. The van der Waals surface area contributed by atoms with Gasteiger partial charge in [0.15, 0.2) is 11.5 Å². The van der Waals surface area contributed by atoms with Crippen LogP contribution in [0.5, 0.6) is 0 Å². The van der Waals surface area contributed by atoms with Crippen LogP contribution in [0, 0.1) is 0 Å². The van der Waals surface area contributed by atoms with Crippen LogP contribution in [0.2, 0.25) is 0 Å². The average Bonchev–Trinajstić information content (AvgIpc) is 3.35. The van der Waals surface area contributed by atoms with E-state index in [2.05, 4.69) is 49.7 Å². The van der Waals surface area contributed by atoms with E-state index in [9.17, 15) is 4.79 Å². The second-order valence-electron chi connectivity index (χ2n) is 6.43. The van der Waals surface area contributed by atoms with Gasteiger partial charge in [0.25, 0.3) is 5.91 Å². The molecule has 0 bridgehead atoms. The third kappa shape index (κ3) is 3.78. The summed E-state index contributed by atoms with van der Waals surface area (Å²) in [4.78, 5) is 18.7. The van der Waals surface area contributed by atoms with E-state index in [1.54, 1.807) is 35.4 Å². The van der Waals surface area contributed by atoms with Gasteiger partial charge in [-0.15, -0.1) is 10.2 Å². The molecular formula is C19H20N6O. The second-order valence-corrected chi connectivity index (χ2v) is 6.43. The third-order valence-electron chi connectivity index (χ3n) is 4.51. The lowest BCUT2D eigenvalue weighted by Gasteiger charge is -2.16. The van der Waals surface area contributed by atoms with Crippen molar-refractivity contribution < 1.29 is 4.79 Å². The Morgan fingerprint density at radius 2 is 2.04 bits per heavy atom. The van der Waals surface area contributed by atoms with Gasteiger partial charge in [-0.25, -0.2) is 4.98 Å². The molecule has 0 saturated carbocycles. The molecule has 132 valence electrons. The first-order valence-corrected chi connectivity index (χ1v) is 8.67. The maximum atomic E-state index is 12.4. The summed E-state index contributed by atoms with van der Waals surface area (Å²) < 4.78 is 1.74. The normalized spacial score (nSPS) is 17.3. The van der Waals surface area contributed by atoms with Crippen molar-refractivity contribution in [2.24, 2.45) is 0 Å². The fraction of sp³-hybridized carbons (Fsp3) is 0.263. The van der Waals surface area contributed by atoms with Crippen LogP contribution >= 0.6 is 0 Å². The third-order valence-corrected chi connectivity index (χ3v) is 4.51. The first-order chi connectivity index (χ1) is 12.8. The Morgan fingerprint density at radius 3 is 2.77 bits per heavy atom. The standard InChI is InChI=1S/C19H20N6O/c26-19(17-6-7-18(23-22-17)25-11-9-20-14-25)21-16-8-10-24(13-16)12-15-4-2-1-3-5-15/h1-7,9,11,14,16H,8,10,12-13H2,(H,21,26). The van der Waals surface area contributed by atoms with E-state index in [1.165, 1.54) is 5.56 Å². The molecule has 3 aromatic rings. The van der Waals surface area contributed by atoms with Gasteiger partial charge in [-0.1, -0.05) is 30.3 Å². The maximum absolute atomic E-state index is 12.4. The van der Waals surface area contributed by atoms with Crippen molar-refractivity contribution in [1.82, 2.24) is 30.0 Å². The molecule has 1 saturated heterocycles. The van der Waals surface area contributed by atoms with E-state index in [1.807, 2.05) is 6.07 Å². The average molecular weight is 348 g/mol. The van der Waals surface area contributed by atoms with Gasteiger partial charge < -0.3 is 5.32 Å². The number of aromatic nitrogens is 4. The zero-order valence-electron chi connectivity index (χ0n) is 14.3. The lowest BCUT2D eigenvalue weighted by atomic mass is 10.2. The van der Waals surface area contributed by atoms with Crippen LogP contribution in [0.4, 0.5) is 0 Å². The molecule has 1 fully saturated rings. The summed E-state index contributed by atoms with van der Waals surface area (Å²) in [6.07, 6.45) is 6.04. The van der Waals surface area contributed by atoms with Crippen molar-refractivity contribution in [3.05, 3.63) is 72.4 Å². The van der Waals surface area contributed by atoms with Crippen molar-refractivity contribution in [2.75, 3.05) is 13.1 Å². The number of imidazole rings is 1. The minimum absolute atomic E-state index is 0.140. The molecule has 3 heterocycles. The number of hydrogen-bond donors (Lipinski definition) is 1. The Hall–Kier alpha value is -3.06. The fourth-order valence-corrected chi connectivity index (χ4v) is 3.17. The number of benzene rings is 1. The van der Waals surface area contributed by atoms with Gasteiger partial charge in [0.05, 0.1) is 0 Å². The number of hydrogen-bond acceptors (Lipinski definition) is 5. The highest BCUT2D eigenvalue weighted by atomic mass is 16.2. The predicted octanol–water partition coefficient (Wildman–Crippen LogP) is 1.67. The van der Waals surface area contributed by atoms with Crippen LogP contribution in [-0.4, -0.2) is 49.7 Å². The summed E-state index contributed by atoms with van der Waals surface area (Å²) in [6, 6.07) is 14.0. The largest absolute Gasteiger partial charge is 0.347 e. The highest BCUT2D eigenvalue weighted by Crippen LogP contribution is 2.14. The Kier molecular flexibility index (Phi) is 4.70. The van der Waals surface area contributed by atoms with Crippen LogP contribution in [0.15, 0.2) is 61.2 Å². The quantitative estimate of drug-likeness (QED) is 0.759. The number of carbonyl (C=O) groups is 1. The minimum Gasteiger partial charge on any atom is -0.347 e. The summed E-state index contributed by atoms with van der Waals surface area (Å²) in [7, 11) is 0. The first kappa shape index (κ1) is 16.4. The molecule has 1 aliphatic rings. The summed E-state index contributed by atoms with van der Waals surface area (Å²) in [5, 5.41) is 11.2. The van der Waals surface area contributed by atoms with Crippen molar-refractivity contribution in [1.29, 1.82) is 0 Å². The van der Waals surface area contributed by atoms with Crippen molar-refractivity contribution in [3.8, 4) is 5.82 Å². The molecule has 1 unspecified atom stereocenters. The van der Waals surface area contributed by atoms with Gasteiger partial charge in [-0.2, -0.15) is 0 Å². The molecule has 7 nitrogen and oxygen atoms in total. The number of rotatable bonds is 5. The second kappa shape index (κ2) is 7.45. The van der Waals surface area contributed by atoms with E-state index in [-0.39, 0.29) is 11.9 Å². The molecule has 1 aliphatic heterocycles. The smallest absolute Gasteiger partial charge is 0.272 e. The summed E-state index contributed by atoms with van der Waals surface area (Å²) in [5.41, 5.74) is 1.62. The summed E-state index contributed by atoms with van der Waals surface area (Å²) in [5.74, 6) is 0.454. The zero-order chi connectivity index (χ0) is 17.8. The van der Waals surface area contributed by atoms with Crippen LogP contribution in [0.1, 0.15) is 22.5 Å². The van der Waals surface area contributed by atoms with Crippen LogP contribution in [-0.2, 0) is 6.54 Å². The van der Waals surface area contributed by atoms with E-state index >= 15 is 0 Å². The van der Waals surface area contributed by atoms with Crippen molar-refractivity contribution in [3.63, 3.8) is 0 Å². The number of amides is 1. The first-order valence-electron chi connectivity index (χ1n) is 8.67. The molecule has 1 amide bonds. The van der Waals surface area contributed by atoms with Gasteiger partial charge in [0.2, 0.25) is 0 Å². The predicted molar refractivity (Wildman–Crippen MR) is 96.7 cm³/mol. The topological polar surface area (TPSA) is 75.9 Å². The lowest BCUT2D eigenvalue weighted by molar-refractivity contribution is 0.0931. The Morgan fingerprint density at radius 1 is 1.15 bits per heavy atom. The van der Waals surface area contributed by atoms with Gasteiger partial charge >= 0.3 is 0 Å². The maximum Gasteiger partial charge on any atom is 0.272 e. The molecule has 1 atom stereocenters. The molecule has 1 N–H and O–H groups in total. The molecule has 0 aliphatic carbocycles. The number of nitrogens with one attached hydrogen (secondary N) is 1. The summed E-state index contributed by atoms with van der Waals surface area (Å²) >= 11 is 0. The van der Waals surface area contributed by atoms with Gasteiger partial charge in [0, 0.05) is 38.1 Å². The zero-order valence-corrected chi connectivity index (χ0v) is 14.3. The molecule has 1 aromatic carbocycles. The van der Waals surface area contributed by atoms with Crippen molar-refractivity contribution >= 4 is 5.91 Å². The highest BCUT2D eigenvalue weighted by molar-refractivity contribution is 5.92. The molecule has 2 aromatic heterocycles. The van der Waals surface area contributed by atoms with E-state index in [4.69, 9.17) is 0 Å². The molecular weight excluding hydrogens is 328 g/mol.